The third-order valence-electron chi connectivity index (χ3n) is 5.55. The van der Waals surface area contributed by atoms with Gasteiger partial charge < -0.3 is 15.7 Å². The maximum Gasteiger partial charge on any atom is 0.408 e. The smallest absolute Gasteiger partial charge is 0.396 e. The molecule has 3 N–H and O–H groups in total. The highest BCUT2D eigenvalue weighted by Gasteiger charge is 2.57. The Morgan fingerprint density at radius 1 is 1.25 bits per heavy atom. The quantitative estimate of drug-likeness (QED) is 0.758. The minimum atomic E-state index is -4.35. The van der Waals surface area contributed by atoms with Crippen LogP contribution in [-0.4, -0.2) is 57.2 Å². The van der Waals surface area contributed by atoms with E-state index in [4.69, 9.17) is 22.4 Å². The molecule has 0 aromatic carbocycles. The van der Waals surface area contributed by atoms with Crippen molar-refractivity contribution in [3.8, 4) is 11.3 Å². The Kier molecular flexibility index (Phi) is 5.01. The van der Waals surface area contributed by atoms with Gasteiger partial charge in [-0.05, 0) is 30.4 Å². The van der Waals surface area contributed by atoms with Crippen molar-refractivity contribution in [3.05, 3.63) is 29.0 Å². The van der Waals surface area contributed by atoms with E-state index in [1.807, 2.05) is 0 Å². The number of hydrogen-bond donors (Lipinski definition) is 2. The minimum Gasteiger partial charge on any atom is -0.396 e. The fourth-order valence-electron chi connectivity index (χ4n) is 4.25. The van der Waals surface area contributed by atoms with E-state index in [9.17, 15) is 13.2 Å². The van der Waals surface area contributed by atoms with Gasteiger partial charge in [0.15, 0.2) is 0 Å². The Hall–Kier alpha value is -1.84. The van der Waals surface area contributed by atoms with Crippen molar-refractivity contribution in [1.29, 1.82) is 0 Å². The lowest BCUT2D eigenvalue weighted by Gasteiger charge is -2.19. The first kappa shape index (κ1) is 19.5. The van der Waals surface area contributed by atoms with Gasteiger partial charge >= 0.3 is 6.18 Å². The van der Waals surface area contributed by atoms with Crippen LogP contribution in [0.1, 0.15) is 18.0 Å². The van der Waals surface area contributed by atoms with Crippen LogP contribution in [0.15, 0.2) is 18.3 Å². The second-order valence-corrected chi connectivity index (χ2v) is 7.92. The van der Waals surface area contributed by atoms with Crippen LogP contribution >= 0.6 is 11.6 Å². The van der Waals surface area contributed by atoms with Gasteiger partial charge in [0.2, 0.25) is 0 Å². The van der Waals surface area contributed by atoms with Crippen molar-refractivity contribution >= 4 is 17.4 Å². The number of hydrogen-bond acceptors (Lipinski definition) is 5. The van der Waals surface area contributed by atoms with Crippen LogP contribution in [-0.2, 0) is 6.54 Å². The van der Waals surface area contributed by atoms with Crippen LogP contribution in [0, 0.1) is 11.8 Å². The standard InChI is InChI=1S/C18H21ClF3N5O/c19-13-4-10(6-24-17(13)23)14-5-15(27(25-14)9-18(20,21)22)16-11-7-26(2-1-3-28)8-12(11)16/h4-6,11-12,16,28H,1-3,7-9H2,(H2,23,24)/t11-,12+,16?. The fourth-order valence-corrected chi connectivity index (χ4v) is 4.42. The average Bonchev–Trinajstić information content (AvgIpc) is 2.95. The first-order chi connectivity index (χ1) is 13.3. The van der Waals surface area contributed by atoms with Crippen molar-refractivity contribution in [2.24, 2.45) is 11.8 Å². The summed E-state index contributed by atoms with van der Waals surface area (Å²) in [7, 11) is 0. The van der Waals surface area contributed by atoms with Gasteiger partial charge in [-0.15, -0.1) is 0 Å². The molecule has 0 bridgehead atoms. The molecule has 1 saturated heterocycles. The number of rotatable bonds is 6. The number of pyridine rings is 1. The van der Waals surface area contributed by atoms with Crippen molar-refractivity contribution in [2.75, 3.05) is 32.0 Å². The second-order valence-electron chi connectivity index (χ2n) is 7.51. The highest BCUT2D eigenvalue weighted by atomic mass is 35.5. The third kappa shape index (κ3) is 3.83. The molecule has 4 rings (SSSR count). The molecule has 1 saturated carbocycles. The van der Waals surface area contributed by atoms with E-state index >= 15 is 0 Å². The van der Waals surface area contributed by atoms with E-state index in [-0.39, 0.29) is 23.4 Å². The summed E-state index contributed by atoms with van der Waals surface area (Å²) in [6.45, 7) is 1.53. The second kappa shape index (κ2) is 7.20. The molecule has 2 aromatic rings. The maximum absolute atomic E-state index is 13.1. The molecule has 1 aliphatic heterocycles. The summed E-state index contributed by atoms with van der Waals surface area (Å²) in [5.74, 6) is 0.915. The number of nitrogens with zero attached hydrogens (tertiary/aromatic N) is 4. The molecule has 0 amide bonds. The number of aliphatic hydroxyl groups excluding tert-OH is 1. The Bertz CT molecular complexity index is 859. The zero-order valence-electron chi connectivity index (χ0n) is 15.0. The molecule has 1 unspecified atom stereocenters. The Morgan fingerprint density at radius 2 is 1.96 bits per heavy atom. The topological polar surface area (TPSA) is 80.2 Å². The highest BCUT2D eigenvalue weighted by molar-refractivity contribution is 6.33. The van der Waals surface area contributed by atoms with E-state index in [0.29, 0.717) is 35.2 Å². The van der Waals surface area contributed by atoms with E-state index < -0.39 is 12.7 Å². The molecule has 152 valence electrons. The van der Waals surface area contributed by atoms with Crippen LogP contribution in [0.2, 0.25) is 5.02 Å². The number of nitrogens with two attached hydrogens (primary N) is 1. The molecular weight excluding hydrogens is 395 g/mol. The minimum absolute atomic E-state index is 0.0752. The van der Waals surface area contributed by atoms with Crippen molar-refractivity contribution in [1.82, 2.24) is 19.7 Å². The molecule has 0 spiro atoms. The maximum atomic E-state index is 13.1. The van der Waals surface area contributed by atoms with E-state index in [2.05, 4.69) is 15.0 Å². The zero-order chi connectivity index (χ0) is 20.1. The van der Waals surface area contributed by atoms with Crippen LogP contribution in [0.3, 0.4) is 0 Å². The van der Waals surface area contributed by atoms with Crippen LogP contribution in [0.4, 0.5) is 19.0 Å². The summed E-state index contributed by atoms with van der Waals surface area (Å²) in [6.07, 6.45) is -2.17. The lowest BCUT2D eigenvalue weighted by molar-refractivity contribution is -0.143. The van der Waals surface area contributed by atoms with Crippen molar-refractivity contribution in [2.45, 2.75) is 25.1 Å². The number of halogens is 4. The molecule has 2 fully saturated rings. The normalized spacial score (nSPS) is 24.5. The summed E-state index contributed by atoms with van der Waals surface area (Å²) < 4.78 is 40.3. The van der Waals surface area contributed by atoms with Gasteiger partial charge in [0.1, 0.15) is 12.4 Å². The van der Waals surface area contributed by atoms with Gasteiger partial charge in [0, 0.05) is 49.6 Å². The largest absolute Gasteiger partial charge is 0.408 e. The van der Waals surface area contributed by atoms with E-state index in [1.165, 1.54) is 6.20 Å². The number of likely N-dealkylation sites (tertiary alicyclic amines) is 1. The van der Waals surface area contributed by atoms with E-state index in [1.54, 1.807) is 12.1 Å². The molecule has 6 nitrogen and oxygen atoms in total. The highest BCUT2D eigenvalue weighted by Crippen LogP contribution is 2.58. The summed E-state index contributed by atoms with van der Waals surface area (Å²) in [4.78, 5) is 6.23. The molecule has 2 aromatic heterocycles. The predicted octanol–water partition coefficient (Wildman–Crippen LogP) is 2.77. The SMILES string of the molecule is Nc1ncc(-c2cc(C3[C@H]4CN(CCCO)C[C@@H]34)n(CC(F)(F)F)n2)cc1Cl. The van der Waals surface area contributed by atoms with Crippen LogP contribution in [0.5, 0.6) is 0 Å². The number of piperidine rings is 1. The Labute approximate surface area is 165 Å². The predicted molar refractivity (Wildman–Crippen MR) is 98.8 cm³/mol. The summed E-state index contributed by atoms with van der Waals surface area (Å²) >= 11 is 6.00. The summed E-state index contributed by atoms with van der Waals surface area (Å²) in [5, 5.41) is 13.4. The van der Waals surface area contributed by atoms with E-state index in [0.717, 1.165) is 24.3 Å². The third-order valence-corrected chi connectivity index (χ3v) is 5.85. The Morgan fingerprint density at radius 3 is 2.57 bits per heavy atom. The molecule has 2 aliphatic rings. The summed E-state index contributed by atoms with van der Waals surface area (Å²) in [6, 6.07) is 3.29. The van der Waals surface area contributed by atoms with Gasteiger partial charge in [-0.25, -0.2) is 4.98 Å². The monoisotopic (exact) mass is 415 g/mol. The molecule has 1 aliphatic carbocycles. The lowest BCUT2D eigenvalue weighted by atomic mass is 10.1. The first-order valence-electron chi connectivity index (χ1n) is 9.16. The van der Waals surface area contributed by atoms with Gasteiger partial charge in [-0.3, -0.25) is 4.68 Å². The van der Waals surface area contributed by atoms with Crippen LogP contribution < -0.4 is 5.73 Å². The average molecular weight is 416 g/mol. The molecule has 3 atom stereocenters. The molecular formula is C18H21ClF3N5O. The number of nitrogen functional groups attached to an aromatic ring is 1. The van der Waals surface area contributed by atoms with Gasteiger partial charge in [0.25, 0.3) is 0 Å². The van der Waals surface area contributed by atoms with Crippen LogP contribution in [0.25, 0.3) is 11.3 Å². The number of fused-ring (bicyclic) bond motifs is 1. The fraction of sp³-hybridized carbons (Fsp3) is 0.556. The number of aromatic nitrogens is 3. The summed E-state index contributed by atoms with van der Waals surface area (Å²) in [5.41, 5.74) is 7.18. The van der Waals surface area contributed by atoms with Gasteiger partial charge in [-0.2, -0.15) is 18.3 Å². The van der Waals surface area contributed by atoms with Crippen molar-refractivity contribution < 1.29 is 18.3 Å². The van der Waals surface area contributed by atoms with Gasteiger partial charge in [0.05, 0.1) is 10.7 Å². The van der Waals surface area contributed by atoms with Crippen molar-refractivity contribution in [3.63, 3.8) is 0 Å². The van der Waals surface area contributed by atoms with Gasteiger partial charge in [-0.1, -0.05) is 11.6 Å². The molecule has 0 radical (unpaired) electrons. The first-order valence-corrected chi connectivity index (χ1v) is 9.53. The Balaban J connectivity index is 1.58. The number of aliphatic hydroxyl groups is 1. The lowest BCUT2D eigenvalue weighted by Crippen LogP contribution is -2.27. The molecule has 3 heterocycles. The zero-order valence-corrected chi connectivity index (χ0v) is 15.8. The molecule has 28 heavy (non-hydrogen) atoms. The number of anilines is 1. The molecule has 10 heteroatoms. The number of alkyl halides is 3.